The van der Waals surface area contributed by atoms with Crippen molar-refractivity contribution in [2.24, 2.45) is 0 Å². The number of nitrogens with zero attached hydrogens (tertiary/aromatic N) is 2. The summed E-state index contributed by atoms with van der Waals surface area (Å²) in [7, 11) is 0. The molecule has 30 heavy (non-hydrogen) atoms. The second-order valence-corrected chi connectivity index (χ2v) is 6.58. The van der Waals surface area contributed by atoms with Gasteiger partial charge in [-0.05, 0) is 43.7 Å². The van der Waals surface area contributed by atoms with E-state index in [1.807, 2.05) is 44.2 Å². The molecule has 150 valence electrons. The number of aromatic nitrogens is 1. The summed E-state index contributed by atoms with van der Waals surface area (Å²) in [4.78, 5) is 35.3. The highest BCUT2D eigenvalue weighted by Crippen LogP contribution is 2.29. The Balaban J connectivity index is 1.78. The zero-order chi connectivity index (χ0) is 21.7. The summed E-state index contributed by atoms with van der Waals surface area (Å²) in [5.74, 6) is -0.928. The van der Waals surface area contributed by atoms with Gasteiger partial charge in [-0.3, -0.25) is 14.2 Å². The lowest BCUT2D eigenvalue weighted by atomic mass is 10.1. The molecule has 0 saturated heterocycles. The number of nitriles is 1. The van der Waals surface area contributed by atoms with E-state index < -0.39 is 18.5 Å². The Bertz CT molecular complexity index is 1140. The zero-order valence-corrected chi connectivity index (χ0v) is 16.5. The second-order valence-electron chi connectivity index (χ2n) is 6.58. The fourth-order valence-corrected chi connectivity index (χ4v) is 3.04. The molecule has 2 aromatic carbocycles. The number of esters is 1. The number of carbonyl (C=O) groups is 3. The summed E-state index contributed by atoms with van der Waals surface area (Å²) in [5.41, 5.74) is 3.37. The van der Waals surface area contributed by atoms with E-state index in [9.17, 15) is 19.6 Å². The molecule has 7 heteroatoms. The molecule has 1 amide bonds. The number of benzene rings is 2. The summed E-state index contributed by atoms with van der Waals surface area (Å²) in [5, 5.41) is 12.3. The molecule has 1 heterocycles. The molecule has 0 aliphatic rings. The van der Waals surface area contributed by atoms with Gasteiger partial charge in [0.25, 0.3) is 5.91 Å². The molecule has 0 radical (unpaired) electrons. The molecule has 7 nitrogen and oxygen atoms in total. The van der Waals surface area contributed by atoms with E-state index in [4.69, 9.17) is 4.74 Å². The van der Waals surface area contributed by atoms with E-state index in [0.29, 0.717) is 23.2 Å². The van der Waals surface area contributed by atoms with Gasteiger partial charge in [0.1, 0.15) is 18.2 Å². The van der Waals surface area contributed by atoms with E-state index in [1.54, 1.807) is 4.57 Å². The normalized spacial score (nSPS) is 10.2. The lowest BCUT2D eigenvalue weighted by Crippen LogP contribution is -2.23. The van der Waals surface area contributed by atoms with Gasteiger partial charge in [-0.2, -0.15) is 5.26 Å². The number of anilines is 1. The molecule has 0 bridgehead atoms. The molecular formula is C23H19N3O4. The Labute approximate surface area is 173 Å². The van der Waals surface area contributed by atoms with Crippen LogP contribution in [0.25, 0.3) is 5.69 Å². The lowest BCUT2D eigenvalue weighted by Gasteiger charge is -2.13. The summed E-state index contributed by atoms with van der Waals surface area (Å²) in [6.45, 7) is 3.16. The van der Waals surface area contributed by atoms with E-state index in [0.717, 1.165) is 16.9 Å². The van der Waals surface area contributed by atoms with Crippen LogP contribution in [0.2, 0.25) is 0 Å². The minimum Gasteiger partial charge on any atom is -0.452 e. The Morgan fingerprint density at radius 2 is 1.77 bits per heavy atom. The van der Waals surface area contributed by atoms with Crippen molar-refractivity contribution in [3.05, 3.63) is 82.5 Å². The highest BCUT2D eigenvalue weighted by Gasteiger charge is 2.21. The van der Waals surface area contributed by atoms with Crippen LogP contribution < -0.4 is 5.32 Å². The predicted molar refractivity (Wildman–Crippen MR) is 111 cm³/mol. The van der Waals surface area contributed by atoms with Crippen molar-refractivity contribution in [1.82, 2.24) is 4.57 Å². The van der Waals surface area contributed by atoms with Crippen molar-refractivity contribution in [2.75, 3.05) is 11.9 Å². The molecule has 3 aromatic rings. The largest absolute Gasteiger partial charge is 0.452 e. The molecule has 0 aliphatic heterocycles. The third-order valence-corrected chi connectivity index (χ3v) is 4.71. The second kappa shape index (κ2) is 8.88. The van der Waals surface area contributed by atoms with E-state index >= 15 is 0 Å². The molecular weight excluding hydrogens is 382 g/mol. The number of hydrogen-bond donors (Lipinski definition) is 1. The Morgan fingerprint density at radius 1 is 1.10 bits per heavy atom. The van der Waals surface area contributed by atoms with Gasteiger partial charge in [0.15, 0.2) is 6.61 Å². The van der Waals surface area contributed by atoms with E-state index in [2.05, 4.69) is 11.4 Å². The van der Waals surface area contributed by atoms with Gasteiger partial charge >= 0.3 is 5.97 Å². The number of amides is 1. The number of nitrogens with one attached hydrogen (secondary N) is 1. The van der Waals surface area contributed by atoms with Gasteiger partial charge in [-0.15, -0.1) is 0 Å². The van der Waals surface area contributed by atoms with Crippen LogP contribution in [-0.4, -0.2) is 29.3 Å². The highest BCUT2D eigenvalue weighted by atomic mass is 16.5. The number of carbonyl (C=O) groups excluding carboxylic acids is 3. The number of rotatable bonds is 6. The lowest BCUT2D eigenvalue weighted by molar-refractivity contribution is -0.119. The Hall–Kier alpha value is -4.18. The maximum Gasteiger partial charge on any atom is 0.338 e. The van der Waals surface area contributed by atoms with Crippen LogP contribution in [0.1, 0.15) is 37.5 Å². The maximum absolute atomic E-state index is 12.5. The van der Waals surface area contributed by atoms with Crippen molar-refractivity contribution in [1.29, 1.82) is 5.26 Å². The zero-order valence-electron chi connectivity index (χ0n) is 16.5. The van der Waals surface area contributed by atoms with Crippen molar-refractivity contribution >= 4 is 24.0 Å². The van der Waals surface area contributed by atoms with Crippen LogP contribution in [0, 0.1) is 25.2 Å². The molecule has 1 aromatic heterocycles. The molecule has 0 atom stereocenters. The monoisotopic (exact) mass is 401 g/mol. The number of hydrogen-bond acceptors (Lipinski definition) is 5. The summed E-state index contributed by atoms with van der Waals surface area (Å²) < 4.78 is 6.84. The third-order valence-electron chi connectivity index (χ3n) is 4.71. The average molecular weight is 401 g/mol. The van der Waals surface area contributed by atoms with Crippen LogP contribution in [0.15, 0.2) is 54.6 Å². The minimum atomic E-state index is -0.686. The minimum absolute atomic E-state index is 0.227. The molecule has 1 N–H and O–H groups in total. The fraction of sp³-hybridized carbons (Fsp3) is 0.130. The van der Waals surface area contributed by atoms with E-state index in [-0.39, 0.29) is 5.56 Å². The summed E-state index contributed by atoms with van der Waals surface area (Å²) in [6, 6.07) is 17.3. The van der Waals surface area contributed by atoms with Gasteiger partial charge in [0.05, 0.1) is 11.1 Å². The Kier molecular flexibility index (Phi) is 6.08. The van der Waals surface area contributed by atoms with Gasteiger partial charge in [0.2, 0.25) is 0 Å². The highest BCUT2D eigenvalue weighted by molar-refractivity contribution is 5.96. The van der Waals surface area contributed by atoms with Gasteiger partial charge in [-0.25, -0.2) is 4.79 Å². The van der Waals surface area contributed by atoms with Crippen LogP contribution in [0.3, 0.4) is 0 Å². The average Bonchev–Trinajstić information content (AvgIpc) is 3.01. The first-order valence-corrected chi connectivity index (χ1v) is 9.16. The third kappa shape index (κ3) is 4.13. The molecule has 0 unspecified atom stereocenters. The van der Waals surface area contributed by atoms with Crippen molar-refractivity contribution < 1.29 is 19.1 Å². The van der Waals surface area contributed by atoms with Crippen molar-refractivity contribution in [3.63, 3.8) is 0 Å². The number of ether oxygens (including phenoxy) is 1. The van der Waals surface area contributed by atoms with Gasteiger partial charge < -0.3 is 10.1 Å². The first-order valence-electron chi connectivity index (χ1n) is 9.16. The molecule has 0 saturated carbocycles. The van der Waals surface area contributed by atoms with Crippen molar-refractivity contribution in [2.45, 2.75) is 13.8 Å². The van der Waals surface area contributed by atoms with Crippen LogP contribution in [-0.2, 0) is 9.53 Å². The molecule has 0 aliphatic carbocycles. The smallest absolute Gasteiger partial charge is 0.338 e. The standard InChI is InChI=1S/C23H19N3O4/c1-15-16(2)26(19-6-4-3-5-7-19)22(20(15)12-24)25-21(28)14-30-23(29)18-10-8-17(13-27)9-11-18/h3-11,13H,14H2,1-2H3,(H,25,28). The SMILES string of the molecule is Cc1c(C#N)c(NC(=O)COC(=O)c2ccc(C=O)cc2)n(-c2ccccc2)c1C. The van der Waals surface area contributed by atoms with Gasteiger partial charge in [-0.1, -0.05) is 30.3 Å². The number of aldehydes is 1. The predicted octanol–water partition coefficient (Wildman–Crippen LogP) is 3.57. The summed E-state index contributed by atoms with van der Waals surface area (Å²) >= 11 is 0. The van der Waals surface area contributed by atoms with Crippen LogP contribution in [0.4, 0.5) is 5.82 Å². The van der Waals surface area contributed by atoms with Crippen molar-refractivity contribution in [3.8, 4) is 11.8 Å². The van der Waals surface area contributed by atoms with Crippen LogP contribution in [0.5, 0.6) is 0 Å². The molecule has 3 rings (SSSR count). The first-order chi connectivity index (χ1) is 14.5. The topological polar surface area (TPSA) is 101 Å². The number of para-hydroxylation sites is 1. The quantitative estimate of drug-likeness (QED) is 0.503. The first kappa shape index (κ1) is 20.6. The molecule has 0 fully saturated rings. The summed E-state index contributed by atoms with van der Waals surface area (Å²) in [6.07, 6.45) is 0.668. The van der Waals surface area contributed by atoms with Gasteiger partial charge in [0, 0.05) is 16.9 Å². The maximum atomic E-state index is 12.5. The van der Waals surface area contributed by atoms with Crippen LogP contribution >= 0.6 is 0 Å². The fourth-order valence-electron chi connectivity index (χ4n) is 3.04. The Morgan fingerprint density at radius 3 is 2.37 bits per heavy atom. The molecule has 0 spiro atoms. The van der Waals surface area contributed by atoms with E-state index in [1.165, 1.54) is 24.3 Å².